The maximum absolute atomic E-state index is 15.7. The minimum Gasteiger partial charge on any atom is -0.481 e. The summed E-state index contributed by atoms with van der Waals surface area (Å²) in [4.78, 5) is 29.4. The summed E-state index contributed by atoms with van der Waals surface area (Å²) in [5, 5.41) is 196. The van der Waals surface area contributed by atoms with E-state index in [-0.39, 0.29) is 31.8 Å². The number of hydrogen-bond donors (Lipinski definition) is 18. The van der Waals surface area contributed by atoms with Gasteiger partial charge in [0.2, 0.25) is 6.29 Å². The molecule has 0 spiro atoms. The minimum absolute atomic E-state index is 0.0286. The first-order valence-corrected chi connectivity index (χ1v) is 31.0. The summed E-state index contributed by atoms with van der Waals surface area (Å²) in [6, 6.07) is 0. The smallest absolute Gasteiger partial charge is 0.317 e. The lowest BCUT2D eigenvalue weighted by Gasteiger charge is -2.71. The van der Waals surface area contributed by atoms with Gasteiger partial charge in [0.15, 0.2) is 25.2 Å². The molecule has 30 nitrogen and oxygen atoms in total. The van der Waals surface area contributed by atoms with Crippen molar-refractivity contribution in [3.05, 3.63) is 11.6 Å². The zero-order chi connectivity index (χ0) is 65.2. The van der Waals surface area contributed by atoms with Crippen LogP contribution in [0.15, 0.2) is 11.6 Å². The van der Waals surface area contributed by atoms with Crippen LogP contribution in [0.25, 0.3) is 0 Å². The average Bonchev–Trinajstić information content (AvgIpc) is 0.700. The number of esters is 1. The molecule has 34 unspecified atom stereocenters. The molecule has 4 saturated carbocycles. The van der Waals surface area contributed by atoms with Gasteiger partial charge in [-0.1, -0.05) is 46.3 Å². The molecule has 0 amide bonds. The highest BCUT2D eigenvalue weighted by Gasteiger charge is 2.73. The molecule has 0 radical (unpaired) electrons. The lowest BCUT2D eigenvalue weighted by atomic mass is 9.33. The van der Waals surface area contributed by atoms with E-state index in [4.69, 9.17) is 47.4 Å². The molecule has 5 saturated heterocycles. The van der Waals surface area contributed by atoms with Crippen LogP contribution in [0.1, 0.15) is 99.3 Å². The molecule has 10 aliphatic rings. The van der Waals surface area contributed by atoms with Gasteiger partial charge in [0.05, 0.1) is 50.7 Å². The Kier molecular flexibility index (Phi) is 20.0. The highest BCUT2D eigenvalue weighted by Crippen LogP contribution is 2.76. The lowest BCUT2D eigenvalue weighted by molar-refractivity contribution is -0.378. The van der Waals surface area contributed by atoms with E-state index in [0.717, 1.165) is 5.57 Å². The van der Waals surface area contributed by atoms with Crippen molar-refractivity contribution < 1.29 is 149 Å². The van der Waals surface area contributed by atoms with Crippen LogP contribution in [0, 0.1) is 50.2 Å². The lowest BCUT2D eigenvalue weighted by Crippen LogP contribution is -2.69. The number of carboxylic acid groups (broad SMARTS) is 1. The Morgan fingerprint density at radius 1 is 0.539 bits per heavy atom. The van der Waals surface area contributed by atoms with Crippen molar-refractivity contribution in [2.75, 3.05) is 33.0 Å². The van der Waals surface area contributed by atoms with Gasteiger partial charge in [-0.05, 0) is 104 Å². The number of aliphatic carboxylic acids is 1. The molecule has 34 atom stereocenters. The predicted molar refractivity (Wildman–Crippen MR) is 293 cm³/mol. The van der Waals surface area contributed by atoms with Crippen molar-refractivity contribution in [2.45, 2.75) is 259 Å². The van der Waals surface area contributed by atoms with Crippen LogP contribution in [-0.2, 0) is 57.0 Å². The number of allylic oxidation sites excluding steroid dienone is 2. The number of ether oxygens (including phenoxy) is 10. The third-order valence-corrected chi connectivity index (χ3v) is 23.3. The maximum Gasteiger partial charge on any atom is 0.317 e. The number of aliphatic hydroxyl groups excluding tert-OH is 17. The van der Waals surface area contributed by atoms with E-state index in [1.807, 2.05) is 13.8 Å². The van der Waals surface area contributed by atoms with Crippen LogP contribution in [-0.4, -0.2) is 297 Å². The van der Waals surface area contributed by atoms with E-state index >= 15 is 4.79 Å². The average molecular weight is 1280 g/mol. The van der Waals surface area contributed by atoms with E-state index < -0.39 is 242 Å². The number of carbonyl (C=O) groups excluding carboxylic acids is 1. The monoisotopic (exact) mass is 1280 g/mol. The molecular formula is C59H94O30. The topological polar surface area (TPSA) is 491 Å². The molecule has 30 heteroatoms. The third-order valence-electron chi connectivity index (χ3n) is 23.3. The molecular weight excluding hydrogens is 1190 g/mol. The number of fused-ring (bicyclic) bond motifs is 7. The Bertz CT molecular complexity index is 2530. The van der Waals surface area contributed by atoms with Crippen LogP contribution in [0.4, 0.5) is 0 Å². The molecule has 9 fully saturated rings. The van der Waals surface area contributed by atoms with Crippen LogP contribution in [0.5, 0.6) is 0 Å². The number of rotatable bonds is 15. The van der Waals surface area contributed by atoms with Crippen molar-refractivity contribution in [3.63, 3.8) is 0 Å². The van der Waals surface area contributed by atoms with Gasteiger partial charge in [0, 0.05) is 0 Å². The van der Waals surface area contributed by atoms with Gasteiger partial charge in [-0.25, -0.2) is 0 Å². The summed E-state index contributed by atoms with van der Waals surface area (Å²) in [6.45, 7) is 8.18. The Hall–Kier alpha value is -2.36. The van der Waals surface area contributed by atoms with E-state index in [9.17, 15) is 96.7 Å². The standard InChI is InChI=1S/C59H94O30/c1-54(2)13-14-59(23(15-54)22-7-8-29-55(3)11-10-32(86-47-41(73)33(65)24(63)20-80-47)58(6,52(77)78)30(55)9-12-56(29,4)57(22,5)16-31(59)64)53(79)89-50-44(76)45(87-48-42(74)38(70)34(66)25(17-60)82-48)37(69)28(85-50)21-81-51-46(40(72)36(68)27(19-62)84-51)88-49-43(75)39(71)35(67)26(18-61)83-49/h7,23-51,60-76H,8-21H2,1-6H3,(H,77,78). The van der Waals surface area contributed by atoms with Crippen LogP contribution < -0.4 is 0 Å². The quantitative estimate of drug-likeness (QED) is 0.0413. The summed E-state index contributed by atoms with van der Waals surface area (Å²) in [7, 11) is 0. The van der Waals surface area contributed by atoms with Crippen LogP contribution in [0.3, 0.4) is 0 Å². The zero-order valence-electron chi connectivity index (χ0n) is 50.7. The van der Waals surface area contributed by atoms with Crippen LogP contribution >= 0.6 is 0 Å². The highest BCUT2D eigenvalue weighted by atomic mass is 16.8. The molecule has 510 valence electrons. The second kappa shape index (κ2) is 25.7. The molecule has 0 aromatic heterocycles. The fraction of sp³-hybridized carbons (Fsp3) is 0.932. The SMILES string of the molecule is CC1(C)CCC2(C(=O)OC3OC(COC4OC(CO)C(O)C(O)C4OC4OC(CO)C(O)C(O)C4O)C(O)C(OC4OC(CO)C(O)C(O)C4O)C3O)C(O)CC3(C)C(=CCC4C5(C)CCC(OC6OCC(O)C(O)C6O)C(C)(C(=O)O)C5CCC43C)C2C1. The molecule has 89 heavy (non-hydrogen) atoms. The third kappa shape index (κ3) is 11.5. The Labute approximate surface area is 513 Å². The van der Waals surface area contributed by atoms with Crippen LogP contribution in [0.2, 0.25) is 0 Å². The Balaban J connectivity index is 0.944. The molecule has 5 aliphatic carbocycles. The van der Waals surface area contributed by atoms with E-state index in [1.165, 1.54) is 0 Å². The van der Waals surface area contributed by atoms with Crippen molar-refractivity contribution in [2.24, 2.45) is 50.2 Å². The van der Waals surface area contributed by atoms with Gasteiger partial charge < -0.3 is 139 Å². The normalized spacial score (nSPS) is 54.1. The summed E-state index contributed by atoms with van der Waals surface area (Å²) >= 11 is 0. The Morgan fingerprint density at radius 2 is 1.09 bits per heavy atom. The summed E-state index contributed by atoms with van der Waals surface area (Å²) in [5.74, 6) is -3.48. The van der Waals surface area contributed by atoms with Crippen molar-refractivity contribution >= 4 is 11.9 Å². The molecule has 0 aromatic carbocycles. The van der Waals surface area contributed by atoms with Gasteiger partial charge in [0.25, 0.3) is 0 Å². The largest absolute Gasteiger partial charge is 0.481 e. The number of carboxylic acids is 1. The zero-order valence-corrected chi connectivity index (χ0v) is 50.7. The second-order valence-electron chi connectivity index (χ2n) is 28.5. The fourth-order valence-corrected chi connectivity index (χ4v) is 17.6. The molecule has 5 aliphatic heterocycles. The molecule has 0 aromatic rings. The van der Waals surface area contributed by atoms with Crippen molar-refractivity contribution in [1.29, 1.82) is 0 Å². The predicted octanol–water partition coefficient (Wildman–Crippen LogP) is -5.54. The van der Waals surface area contributed by atoms with E-state index in [0.29, 0.717) is 38.5 Å². The van der Waals surface area contributed by atoms with E-state index in [1.54, 1.807) is 6.92 Å². The Morgan fingerprint density at radius 3 is 1.67 bits per heavy atom. The van der Waals surface area contributed by atoms with Gasteiger partial charge in [-0.15, -0.1) is 0 Å². The first-order valence-electron chi connectivity index (χ1n) is 31.0. The van der Waals surface area contributed by atoms with Gasteiger partial charge >= 0.3 is 11.9 Å². The summed E-state index contributed by atoms with van der Waals surface area (Å²) in [5.41, 5.74) is -4.85. The first kappa shape index (κ1) is 69.5. The van der Waals surface area contributed by atoms with Gasteiger partial charge in [-0.3, -0.25) is 9.59 Å². The maximum atomic E-state index is 15.7. The van der Waals surface area contributed by atoms with Gasteiger partial charge in [0.1, 0.15) is 121 Å². The van der Waals surface area contributed by atoms with E-state index in [2.05, 4.69) is 26.8 Å². The first-order chi connectivity index (χ1) is 41.7. The summed E-state index contributed by atoms with van der Waals surface area (Å²) < 4.78 is 59.0. The van der Waals surface area contributed by atoms with Gasteiger partial charge in [-0.2, -0.15) is 0 Å². The highest BCUT2D eigenvalue weighted by molar-refractivity contribution is 5.80. The molecule has 5 heterocycles. The molecule has 0 bridgehead atoms. The molecule has 10 rings (SSSR count). The van der Waals surface area contributed by atoms with Crippen molar-refractivity contribution in [3.8, 4) is 0 Å². The number of hydrogen-bond acceptors (Lipinski definition) is 29. The molecule has 18 N–H and O–H groups in total. The van der Waals surface area contributed by atoms with Crippen molar-refractivity contribution in [1.82, 2.24) is 0 Å². The second-order valence-corrected chi connectivity index (χ2v) is 28.5. The fourth-order valence-electron chi connectivity index (χ4n) is 17.6. The number of aliphatic hydroxyl groups is 17. The minimum atomic E-state index is -2.20. The summed E-state index contributed by atoms with van der Waals surface area (Å²) in [6.07, 6.45) is -41.6. The number of carbonyl (C=O) groups is 2.